The normalized spacial score (nSPS) is 19.5. The maximum absolute atomic E-state index is 11.9. The highest BCUT2D eigenvalue weighted by atomic mass is 16.4. The van der Waals surface area contributed by atoms with Crippen LogP contribution in [0.5, 0.6) is 0 Å². The maximum Gasteiger partial charge on any atom is 0.342 e. The number of hydrogen-bond acceptors (Lipinski definition) is 4. The van der Waals surface area contributed by atoms with Crippen LogP contribution in [0, 0.1) is 0 Å². The highest BCUT2D eigenvalue weighted by Gasteiger charge is 2.21. The van der Waals surface area contributed by atoms with Crippen LogP contribution in [0.2, 0.25) is 0 Å². The first-order valence-corrected chi connectivity index (χ1v) is 5.28. The number of carbonyl (C=O) groups is 1. The van der Waals surface area contributed by atoms with E-state index in [1.54, 1.807) is 0 Å². The smallest absolute Gasteiger partial charge is 0.342 e. The summed E-state index contributed by atoms with van der Waals surface area (Å²) < 4.78 is 2.16. The molecular formula is C10H13N3O4. The molecule has 1 aromatic rings. The molecular weight excluding hydrogens is 226 g/mol. The van der Waals surface area contributed by atoms with E-state index in [9.17, 15) is 14.4 Å². The summed E-state index contributed by atoms with van der Waals surface area (Å²) >= 11 is 0. The lowest BCUT2D eigenvalue weighted by Crippen LogP contribution is -2.42. The van der Waals surface area contributed by atoms with Crippen molar-refractivity contribution < 1.29 is 9.90 Å². The first-order chi connectivity index (χ1) is 8.02. The molecule has 2 rings (SSSR count). The Kier molecular flexibility index (Phi) is 2.84. The van der Waals surface area contributed by atoms with Gasteiger partial charge in [-0.1, -0.05) is 0 Å². The molecule has 0 bridgehead atoms. The van der Waals surface area contributed by atoms with E-state index in [1.807, 2.05) is 0 Å². The Hall–Kier alpha value is -1.89. The van der Waals surface area contributed by atoms with E-state index in [0.29, 0.717) is 6.54 Å². The Morgan fingerprint density at radius 2 is 2.24 bits per heavy atom. The standard InChI is InChI=1S/C10H13N3O4/c1-12-8(14)7(9(15)16)5-13(10(12)17)6-2-3-11-4-6/h5-6,11H,2-4H2,1H3,(H,15,16)/t6-/m1/s1. The van der Waals surface area contributed by atoms with Gasteiger partial charge in [0.2, 0.25) is 0 Å². The Balaban J connectivity index is 2.63. The second kappa shape index (κ2) is 4.17. The molecule has 2 heterocycles. The Bertz CT molecular complexity index is 566. The number of aromatic nitrogens is 2. The third-order valence-corrected chi connectivity index (χ3v) is 2.97. The molecule has 1 fully saturated rings. The largest absolute Gasteiger partial charge is 0.477 e. The summed E-state index contributed by atoms with van der Waals surface area (Å²) in [4.78, 5) is 34.3. The van der Waals surface area contributed by atoms with Gasteiger partial charge in [0.25, 0.3) is 5.56 Å². The van der Waals surface area contributed by atoms with Crippen molar-refractivity contribution >= 4 is 5.97 Å². The topological polar surface area (TPSA) is 93.3 Å². The van der Waals surface area contributed by atoms with Gasteiger partial charge in [-0.25, -0.2) is 9.59 Å². The second-order valence-electron chi connectivity index (χ2n) is 4.05. The van der Waals surface area contributed by atoms with Gasteiger partial charge < -0.3 is 10.4 Å². The number of aromatic carboxylic acids is 1. The second-order valence-corrected chi connectivity index (χ2v) is 4.05. The summed E-state index contributed by atoms with van der Waals surface area (Å²) in [5.74, 6) is -1.31. The van der Waals surface area contributed by atoms with Gasteiger partial charge in [-0.05, 0) is 13.0 Å². The molecule has 0 saturated carbocycles. The average molecular weight is 239 g/mol. The summed E-state index contributed by atoms with van der Waals surface area (Å²) in [5, 5.41) is 12.0. The minimum Gasteiger partial charge on any atom is -0.477 e. The van der Waals surface area contributed by atoms with Gasteiger partial charge in [-0.15, -0.1) is 0 Å². The van der Waals surface area contributed by atoms with Gasteiger partial charge in [0, 0.05) is 19.8 Å². The van der Waals surface area contributed by atoms with Crippen LogP contribution in [-0.4, -0.2) is 33.3 Å². The monoisotopic (exact) mass is 239 g/mol. The number of carboxylic acid groups (broad SMARTS) is 1. The molecule has 1 aromatic heterocycles. The SMILES string of the molecule is Cn1c(=O)c(C(=O)O)cn([C@@H]2CCNC2)c1=O. The van der Waals surface area contributed by atoms with Gasteiger partial charge in [0.1, 0.15) is 5.56 Å². The summed E-state index contributed by atoms with van der Waals surface area (Å²) in [6, 6.07) is -0.0904. The lowest BCUT2D eigenvalue weighted by Gasteiger charge is -2.14. The van der Waals surface area contributed by atoms with E-state index in [4.69, 9.17) is 5.11 Å². The molecule has 2 N–H and O–H groups in total. The van der Waals surface area contributed by atoms with Crippen LogP contribution in [-0.2, 0) is 7.05 Å². The van der Waals surface area contributed by atoms with E-state index in [1.165, 1.54) is 11.6 Å². The highest BCUT2D eigenvalue weighted by molar-refractivity contribution is 5.86. The number of carboxylic acids is 1. The number of nitrogens with zero attached hydrogens (tertiary/aromatic N) is 2. The summed E-state index contributed by atoms with van der Waals surface area (Å²) in [5.41, 5.74) is -1.63. The molecule has 0 spiro atoms. The molecule has 0 amide bonds. The maximum atomic E-state index is 11.9. The number of hydrogen-bond donors (Lipinski definition) is 2. The minimum atomic E-state index is -1.31. The molecule has 1 saturated heterocycles. The van der Waals surface area contributed by atoms with Crippen LogP contribution in [0.4, 0.5) is 0 Å². The predicted octanol–water partition coefficient (Wildman–Crippen LogP) is -1.22. The lowest BCUT2D eigenvalue weighted by atomic mass is 10.2. The van der Waals surface area contributed by atoms with Gasteiger partial charge in [-0.2, -0.15) is 0 Å². The van der Waals surface area contributed by atoms with Crippen molar-refractivity contribution in [1.29, 1.82) is 0 Å². The van der Waals surface area contributed by atoms with Gasteiger partial charge >= 0.3 is 11.7 Å². The fourth-order valence-corrected chi connectivity index (χ4v) is 1.98. The van der Waals surface area contributed by atoms with E-state index < -0.39 is 17.2 Å². The average Bonchev–Trinajstić information content (AvgIpc) is 2.79. The van der Waals surface area contributed by atoms with Crippen LogP contribution in [0.3, 0.4) is 0 Å². The molecule has 7 heteroatoms. The van der Waals surface area contributed by atoms with Crippen molar-refractivity contribution in [2.24, 2.45) is 7.05 Å². The molecule has 17 heavy (non-hydrogen) atoms. The lowest BCUT2D eigenvalue weighted by molar-refractivity contribution is 0.0692. The fourth-order valence-electron chi connectivity index (χ4n) is 1.98. The number of rotatable bonds is 2. The molecule has 0 aliphatic carbocycles. The van der Waals surface area contributed by atoms with Gasteiger partial charge in [-0.3, -0.25) is 13.9 Å². The summed E-state index contributed by atoms with van der Waals surface area (Å²) in [7, 11) is 1.29. The molecule has 0 radical (unpaired) electrons. The van der Waals surface area contributed by atoms with Crippen molar-refractivity contribution in [3.8, 4) is 0 Å². The van der Waals surface area contributed by atoms with Crippen LogP contribution in [0.25, 0.3) is 0 Å². The van der Waals surface area contributed by atoms with E-state index in [2.05, 4.69) is 5.32 Å². The van der Waals surface area contributed by atoms with Crippen LogP contribution >= 0.6 is 0 Å². The van der Waals surface area contributed by atoms with Gasteiger partial charge in [0.15, 0.2) is 0 Å². The molecule has 1 aliphatic heterocycles. The van der Waals surface area contributed by atoms with E-state index in [0.717, 1.165) is 23.7 Å². The summed E-state index contributed by atoms with van der Waals surface area (Å²) in [6.45, 7) is 1.39. The van der Waals surface area contributed by atoms with Crippen LogP contribution in [0.1, 0.15) is 22.8 Å². The zero-order valence-electron chi connectivity index (χ0n) is 9.34. The third kappa shape index (κ3) is 1.89. The molecule has 7 nitrogen and oxygen atoms in total. The Labute approximate surface area is 96.3 Å². The summed E-state index contributed by atoms with van der Waals surface area (Å²) in [6.07, 6.45) is 1.89. The first-order valence-electron chi connectivity index (χ1n) is 5.28. The predicted molar refractivity (Wildman–Crippen MR) is 59.4 cm³/mol. The molecule has 1 aliphatic rings. The van der Waals surface area contributed by atoms with E-state index in [-0.39, 0.29) is 11.6 Å². The van der Waals surface area contributed by atoms with Crippen molar-refractivity contribution in [3.05, 3.63) is 32.6 Å². The quantitative estimate of drug-likeness (QED) is 0.674. The van der Waals surface area contributed by atoms with E-state index >= 15 is 0 Å². The van der Waals surface area contributed by atoms with Crippen molar-refractivity contribution in [2.75, 3.05) is 13.1 Å². The van der Waals surface area contributed by atoms with Crippen LogP contribution in [0.15, 0.2) is 15.8 Å². The Morgan fingerprint density at radius 1 is 1.53 bits per heavy atom. The minimum absolute atomic E-state index is 0.0904. The molecule has 1 atom stereocenters. The first kappa shape index (κ1) is 11.6. The van der Waals surface area contributed by atoms with Crippen molar-refractivity contribution in [3.63, 3.8) is 0 Å². The van der Waals surface area contributed by atoms with Crippen LogP contribution < -0.4 is 16.6 Å². The zero-order valence-corrected chi connectivity index (χ0v) is 9.34. The Morgan fingerprint density at radius 3 is 2.76 bits per heavy atom. The highest BCUT2D eigenvalue weighted by Crippen LogP contribution is 2.12. The molecule has 92 valence electrons. The van der Waals surface area contributed by atoms with Crippen molar-refractivity contribution in [2.45, 2.75) is 12.5 Å². The van der Waals surface area contributed by atoms with Crippen molar-refractivity contribution in [1.82, 2.24) is 14.5 Å². The third-order valence-electron chi connectivity index (χ3n) is 2.97. The zero-order chi connectivity index (χ0) is 12.6. The molecule has 0 unspecified atom stereocenters. The number of nitrogens with one attached hydrogen (secondary N) is 1. The van der Waals surface area contributed by atoms with Gasteiger partial charge in [0.05, 0.1) is 6.04 Å². The fraction of sp³-hybridized carbons (Fsp3) is 0.500. The molecule has 0 aromatic carbocycles.